The van der Waals surface area contributed by atoms with Crippen molar-refractivity contribution in [3.05, 3.63) is 107 Å². The van der Waals surface area contributed by atoms with E-state index < -0.39 is 5.54 Å². The van der Waals surface area contributed by atoms with E-state index in [2.05, 4.69) is 15.6 Å². The van der Waals surface area contributed by atoms with Gasteiger partial charge >= 0.3 is 0 Å². The van der Waals surface area contributed by atoms with Crippen molar-refractivity contribution in [1.82, 2.24) is 15.6 Å². The monoisotopic (exact) mass is 633 g/mol. The van der Waals surface area contributed by atoms with Crippen molar-refractivity contribution in [2.24, 2.45) is 5.92 Å². The lowest BCUT2D eigenvalue weighted by atomic mass is 9.94. The number of aromatic nitrogens is 1. The molecule has 9 heteroatoms. The number of amides is 2. The summed E-state index contributed by atoms with van der Waals surface area (Å²) in [5, 5.41) is 6.59. The quantitative estimate of drug-likeness (QED) is 0.178. The fourth-order valence-corrected chi connectivity index (χ4v) is 6.33. The second kappa shape index (κ2) is 12.6. The highest BCUT2D eigenvalue weighted by Gasteiger charge is 2.47. The van der Waals surface area contributed by atoms with Crippen molar-refractivity contribution < 1.29 is 27.9 Å². The Morgan fingerprint density at radius 3 is 2.45 bits per heavy atom. The summed E-state index contributed by atoms with van der Waals surface area (Å²) < 4.78 is 31.8. The third-order valence-electron chi connectivity index (χ3n) is 9.20. The number of aryl methyl sites for hydroxylation is 1. The molecule has 47 heavy (non-hydrogen) atoms. The first kappa shape index (κ1) is 30.6. The molecule has 7 rings (SSSR count). The van der Waals surface area contributed by atoms with Gasteiger partial charge in [0.15, 0.2) is 0 Å². The normalized spacial score (nSPS) is 15.7. The first-order valence-corrected chi connectivity index (χ1v) is 16.0. The van der Waals surface area contributed by atoms with Crippen molar-refractivity contribution in [2.75, 3.05) is 26.9 Å². The summed E-state index contributed by atoms with van der Waals surface area (Å²) in [5.41, 5.74) is 4.78. The van der Waals surface area contributed by atoms with Gasteiger partial charge in [-0.05, 0) is 116 Å². The Bertz CT molecular complexity index is 1940. The second-order valence-corrected chi connectivity index (χ2v) is 12.4. The standard InChI is InChI=1S/C38H36FN3O5/c1-23-19-32(46-22-24-12-17-45-18-13-24)30(36(43)42-38(14-15-38)33-5-3-4-16-41-33)21-28(23)26-8-11-31-29(20-26)34(37(44)40-2)35(47-31)25-6-9-27(39)10-7-25/h3-11,16,19-21,24H,12-15,17-18,22H2,1-2H3,(H,40,44)(H,42,43). The Labute approximate surface area is 272 Å². The van der Waals surface area contributed by atoms with Gasteiger partial charge in [-0.1, -0.05) is 12.1 Å². The maximum absolute atomic E-state index is 14.1. The van der Waals surface area contributed by atoms with Gasteiger partial charge in [0, 0.05) is 37.4 Å². The molecule has 0 spiro atoms. The number of halogens is 1. The summed E-state index contributed by atoms with van der Waals surface area (Å²) in [6.45, 7) is 3.90. The number of ether oxygens (including phenoxy) is 2. The number of hydrogen-bond donors (Lipinski definition) is 2. The summed E-state index contributed by atoms with van der Waals surface area (Å²) in [5.74, 6) is 0.306. The molecule has 3 heterocycles. The highest BCUT2D eigenvalue weighted by molar-refractivity contribution is 6.12. The number of fused-ring (bicyclic) bond motifs is 1. The topological polar surface area (TPSA) is 103 Å². The average molecular weight is 634 g/mol. The van der Waals surface area contributed by atoms with Crippen LogP contribution in [0.5, 0.6) is 5.75 Å². The Balaban J connectivity index is 1.29. The van der Waals surface area contributed by atoms with Crippen LogP contribution in [0.4, 0.5) is 4.39 Å². The van der Waals surface area contributed by atoms with Crippen molar-refractivity contribution in [2.45, 2.75) is 38.1 Å². The van der Waals surface area contributed by atoms with Gasteiger partial charge in [0.2, 0.25) is 0 Å². The predicted octanol–water partition coefficient (Wildman–Crippen LogP) is 7.19. The highest BCUT2D eigenvalue weighted by Crippen LogP contribution is 2.45. The number of carbonyl (C=O) groups excluding carboxylic acids is 2. The summed E-state index contributed by atoms with van der Waals surface area (Å²) in [6, 6.07) is 21.0. The van der Waals surface area contributed by atoms with Crippen LogP contribution >= 0.6 is 0 Å². The van der Waals surface area contributed by atoms with Crippen LogP contribution in [-0.4, -0.2) is 43.7 Å². The maximum Gasteiger partial charge on any atom is 0.255 e. The van der Waals surface area contributed by atoms with E-state index in [9.17, 15) is 14.0 Å². The molecular weight excluding hydrogens is 597 g/mol. The summed E-state index contributed by atoms with van der Waals surface area (Å²) >= 11 is 0. The Morgan fingerprint density at radius 2 is 1.74 bits per heavy atom. The van der Waals surface area contributed by atoms with Crippen molar-refractivity contribution in [3.8, 4) is 28.2 Å². The van der Waals surface area contributed by atoms with E-state index >= 15 is 0 Å². The van der Waals surface area contributed by atoms with E-state index in [1.165, 1.54) is 12.1 Å². The van der Waals surface area contributed by atoms with E-state index in [4.69, 9.17) is 13.9 Å². The molecule has 2 fully saturated rings. The smallest absolute Gasteiger partial charge is 0.255 e. The van der Waals surface area contributed by atoms with Gasteiger partial charge < -0.3 is 24.5 Å². The third-order valence-corrected chi connectivity index (χ3v) is 9.20. The summed E-state index contributed by atoms with van der Waals surface area (Å²) in [4.78, 5) is 31.8. The van der Waals surface area contributed by atoms with Crippen LogP contribution < -0.4 is 15.4 Å². The first-order valence-electron chi connectivity index (χ1n) is 16.0. The zero-order valence-electron chi connectivity index (χ0n) is 26.4. The van der Waals surface area contributed by atoms with Gasteiger partial charge in [-0.15, -0.1) is 0 Å². The maximum atomic E-state index is 14.1. The largest absolute Gasteiger partial charge is 0.492 e. The molecule has 0 bridgehead atoms. The van der Waals surface area contributed by atoms with E-state index in [0.29, 0.717) is 64.9 Å². The van der Waals surface area contributed by atoms with Gasteiger partial charge in [-0.25, -0.2) is 4.39 Å². The van der Waals surface area contributed by atoms with E-state index in [0.717, 1.165) is 48.1 Å². The van der Waals surface area contributed by atoms with Gasteiger partial charge in [0.25, 0.3) is 11.8 Å². The lowest BCUT2D eigenvalue weighted by Crippen LogP contribution is -2.35. The van der Waals surface area contributed by atoms with Gasteiger partial charge in [0.05, 0.1) is 29.0 Å². The molecule has 3 aromatic carbocycles. The molecule has 1 saturated carbocycles. The number of benzene rings is 3. The zero-order chi connectivity index (χ0) is 32.5. The molecule has 2 amide bonds. The minimum absolute atomic E-state index is 0.231. The number of furan rings is 1. The van der Waals surface area contributed by atoms with Crippen molar-refractivity contribution in [1.29, 1.82) is 0 Å². The molecule has 5 aromatic rings. The number of nitrogens with one attached hydrogen (secondary N) is 2. The van der Waals surface area contributed by atoms with Crippen LogP contribution in [0.3, 0.4) is 0 Å². The molecule has 1 aliphatic carbocycles. The van der Waals surface area contributed by atoms with E-state index in [-0.39, 0.29) is 17.6 Å². The molecule has 1 aliphatic heterocycles. The second-order valence-electron chi connectivity index (χ2n) is 12.4. The molecule has 1 saturated heterocycles. The molecule has 0 atom stereocenters. The molecule has 0 radical (unpaired) electrons. The van der Waals surface area contributed by atoms with Crippen LogP contribution in [0, 0.1) is 18.7 Å². The van der Waals surface area contributed by atoms with E-state index in [1.54, 1.807) is 25.4 Å². The van der Waals surface area contributed by atoms with Crippen LogP contribution in [0.1, 0.15) is 57.7 Å². The first-order chi connectivity index (χ1) is 22.8. The highest BCUT2D eigenvalue weighted by atomic mass is 19.1. The van der Waals surface area contributed by atoms with Crippen LogP contribution in [0.2, 0.25) is 0 Å². The molecule has 2 N–H and O–H groups in total. The van der Waals surface area contributed by atoms with Gasteiger partial charge in [-0.2, -0.15) is 0 Å². The Kier molecular flexibility index (Phi) is 8.24. The molecule has 240 valence electrons. The van der Waals surface area contributed by atoms with Crippen molar-refractivity contribution in [3.63, 3.8) is 0 Å². The van der Waals surface area contributed by atoms with Gasteiger partial charge in [0.1, 0.15) is 22.9 Å². The fraction of sp³-hybridized carbons (Fsp3) is 0.289. The van der Waals surface area contributed by atoms with Crippen LogP contribution in [0.25, 0.3) is 33.4 Å². The fourth-order valence-electron chi connectivity index (χ4n) is 6.33. The van der Waals surface area contributed by atoms with Crippen LogP contribution in [-0.2, 0) is 10.3 Å². The lowest BCUT2D eigenvalue weighted by Gasteiger charge is -2.24. The molecular formula is C38H36FN3O5. The summed E-state index contributed by atoms with van der Waals surface area (Å²) in [6.07, 6.45) is 5.19. The Morgan fingerprint density at radius 1 is 0.979 bits per heavy atom. The number of rotatable bonds is 9. The molecule has 2 aliphatic rings. The van der Waals surface area contributed by atoms with Crippen LogP contribution in [0.15, 0.2) is 83.4 Å². The molecule has 2 aromatic heterocycles. The number of carbonyl (C=O) groups is 2. The van der Waals surface area contributed by atoms with Crippen molar-refractivity contribution >= 4 is 22.8 Å². The summed E-state index contributed by atoms with van der Waals surface area (Å²) in [7, 11) is 1.56. The average Bonchev–Trinajstić information content (AvgIpc) is 3.79. The lowest BCUT2D eigenvalue weighted by molar-refractivity contribution is 0.0495. The van der Waals surface area contributed by atoms with Gasteiger partial charge in [-0.3, -0.25) is 14.6 Å². The third kappa shape index (κ3) is 6.11. The Hall–Kier alpha value is -5.02. The number of nitrogens with zero attached hydrogens (tertiary/aromatic N) is 1. The van der Waals surface area contributed by atoms with E-state index in [1.807, 2.05) is 55.5 Å². The molecule has 0 unspecified atom stereocenters. The predicted molar refractivity (Wildman–Crippen MR) is 177 cm³/mol. The minimum atomic E-state index is -0.504. The number of hydrogen-bond acceptors (Lipinski definition) is 6. The molecule has 8 nitrogen and oxygen atoms in total. The zero-order valence-corrected chi connectivity index (χ0v) is 26.4. The number of pyridine rings is 1. The minimum Gasteiger partial charge on any atom is -0.492 e. The SMILES string of the molecule is CNC(=O)c1c(-c2ccc(F)cc2)oc2ccc(-c3cc(C(=O)NC4(c5ccccn5)CC4)c(OCC4CCOCC4)cc3C)cc12.